The molecule has 146 valence electrons. The van der Waals surface area contributed by atoms with Gasteiger partial charge in [0.15, 0.2) is 0 Å². The highest BCUT2D eigenvalue weighted by Crippen LogP contribution is 2.56. The minimum Gasteiger partial charge on any atom is -0.485 e. The summed E-state index contributed by atoms with van der Waals surface area (Å²) in [5.41, 5.74) is 8.61. The Kier molecular flexibility index (Phi) is 3.62. The molecule has 2 heteroatoms. The van der Waals surface area contributed by atoms with E-state index in [1.807, 2.05) is 0 Å². The van der Waals surface area contributed by atoms with Gasteiger partial charge in [0.2, 0.25) is 0 Å². The Hall–Kier alpha value is -2.74. The van der Waals surface area contributed by atoms with Crippen molar-refractivity contribution in [2.24, 2.45) is 11.3 Å². The number of benzene rings is 1. The predicted octanol–water partition coefficient (Wildman–Crippen LogP) is 6.59. The molecule has 1 aromatic rings. The Bertz CT molecular complexity index is 1080. The van der Waals surface area contributed by atoms with Gasteiger partial charge in [-0.1, -0.05) is 67.5 Å². The van der Waals surface area contributed by atoms with Crippen LogP contribution in [0.5, 0.6) is 5.75 Å². The molecule has 1 aromatic carbocycles. The summed E-state index contributed by atoms with van der Waals surface area (Å²) < 4.78 is 6.18. The summed E-state index contributed by atoms with van der Waals surface area (Å²) in [6, 6.07) is 6.37. The largest absolute Gasteiger partial charge is 0.485 e. The van der Waals surface area contributed by atoms with Crippen LogP contribution in [0, 0.1) is 11.3 Å². The highest BCUT2D eigenvalue weighted by molar-refractivity contribution is 5.67. The molecular weight excluding hydrogens is 354 g/mol. The minimum atomic E-state index is 0.123. The van der Waals surface area contributed by atoms with Gasteiger partial charge in [-0.15, -0.1) is 0 Å². The van der Waals surface area contributed by atoms with E-state index in [-0.39, 0.29) is 11.5 Å². The van der Waals surface area contributed by atoms with Crippen molar-refractivity contribution in [2.75, 3.05) is 5.32 Å². The minimum absolute atomic E-state index is 0.123. The fraction of sp³-hybridized carbons (Fsp3) is 0.333. The molecule has 1 aliphatic heterocycles. The molecule has 0 radical (unpaired) electrons. The van der Waals surface area contributed by atoms with E-state index in [2.05, 4.69) is 86.0 Å². The number of rotatable bonds is 2. The van der Waals surface area contributed by atoms with Crippen LogP contribution in [0.3, 0.4) is 0 Å². The number of fused-ring (bicyclic) bond motifs is 5. The smallest absolute Gasteiger partial charge is 0.128 e. The summed E-state index contributed by atoms with van der Waals surface area (Å²) in [5, 5.41) is 3.76. The molecule has 6 rings (SSSR count). The monoisotopic (exact) mass is 381 g/mol. The Morgan fingerprint density at radius 2 is 2.03 bits per heavy atom. The Labute approximate surface area is 173 Å². The summed E-state index contributed by atoms with van der Waals surface area (Å²) in [4.78, 5) is 0. The first-order valence-corrected chi connectivity index (χ1v) is 10.9. The summed E-state index contributed by atoms with van der Waals surface area (Å²) in [6.45, 7) is 4.79. The van der Waals surface area contributed by atoms with Gasteiger partial charge < -0.3 is 10.1 Å². The molecule has 1 N–H and O–H groups in total. The van der Waals surface area contributed by atoms with Gasteiger partial charge in [-0.2, -0.15) is 0 Å². The lowest BCUT2D eigenvalue weighted by Crippen LogP contribution is -2.19. The first kappa shape index (κ1) is 17.1. The number of hydrogen-bond acceptors (Lipinski definition) is 2. The molecule has 4 aliphatic carbocycles. The van der Waals surface area contributed by atoms with Crippen LogP contribution in [-0.2, 0) is 0 Å². The van der Waals surface area contributed by atoms with Crippen molar-refractivity contribution >= 4 is 5.69 Å². The maximum absolute atomic E-state index is 6.18. The fourth-order valence-corrected chi connectivity index (χ4v) is 5.90. The van der Waals surface area contributed by atoms with Gasteiger partial charge >= 0.3 is 0 Å². The third kappa shape index (κ3) is 2.48. The number of anilines is 1. The number of hydrogen-bond donors (Lipinski definition) is 1. The Morgan fingerprint density at radius 1 is 1.14 bits per heavy atom. The van der Waals surface area contributed by atoms with Gasteiger partial charge in [-0.3, -0.25) is 0 Å². The van der Waals surface area contributed by atoms with E-state index in [0.717, 1.165) is 12.2 Å². The van der Waals surface area contributed by atoms with Crippen LogP contribution >= 0.6 is 0 Å². The van der Waals surface area contributed by atoms with Gasteiger partial charge in [-0.05, 0) is 49.1 Å². The molecule has 3 atom stereocenters. The van der Waals surface area contributed by atoms with Crippen molar-refractivity contribution in [3.05, 3.63) is 94.8 Å². The zero-order valence-corrected chi connectivity index (χ0v) is 17.1. The molecule has 3 unspecified atom stereocenters. The fourth-order valence-electron chi connectivity index (χ4n) is 5.90. The van der Waals surface area contributed by atoms with E-state index in [1.54, 1.807) is 16.7 Å². The normalized spacial score (nSPS) is 30.1. The first-order valence-electron chi connectivity index (χ1n) is 10.9. The summed E-state index contributed by atoms with van der Waals surface area (Å²) in [6.07, 6.45) is 21.8. The van der Waals surface area contributed by atoms with Crippen molar-refractivity contribution in [1.29, 1.82) is 0 Å². The maximum Gasteiger partial charge on any atom is 0.128 e. The zero-order chi connectivity index (χ0) is 19.6. The highest BCUT2D eigenvalue weighted by Gasteiger charge is 2.43. The van der Waals surface area contributed by atoms with Crippen LogP contribution in [0.15, 0.2) is 89.2 Å². The van der Waals surface area contributed by atoms with Crippen LogP contribution in [0.25, 0.3) is 0 Å². The van der Waals surface area contributed by atoms with Crippen LogP contribution in [-0.4, -0.2) is 6.10 Å². The van der Waals surface area contributed by atoms with Crippen molar-refractivity contribution < 1.29 is 4.74 Å². The van der Waals surface area contributed by atoms with Gasteiger partial charge in [0, 0.05) is 34.2 Å². The van der Waals surface area contributed by atoms with E-state index >= 15 is 0 Å². The summed E-state index contributed by atoms with van der Waals surface area (Å²) >= 11 is 0. The number of nitrogens with one attached hydrogen (secondary N) is 1. The van der Waals surface area contributed by atoms with Crippen LogP contribution in [0.1, 0.15) is 44.6 Å². The molecule has 0 saturated carbocycles. The van der Waals surface area contributed by atoms with E-state index < -0.39 is 0 Å². The van der Waals surface area contributed by atoms with Gasteiger partial charge in [-0.25, -0.2) is 0 Å². The molecule has 0 fully saturated rings. The molecule has 29 heavy (non-hydrogen) atoms. The SMILES string of the molecule is CC1(C)C2=CC(Nc3cccc4c3C3C=CC=CC3O4)=CCC2C2=C1C=CCC2. The predicted molar refractivity (Wildman–Crippen MR) is 119 cm³/mol. The third-order valence-corrected chi connectivity index (χ3v) is 7.31. The Morgan fingerprint density at radius 3 is 2.97 bits per heavy atom. The molecule has 0 spiro atoms. The van der Waals surface area contributed by atoms with Crippen LogP contribution in [0.4, 0.5) is 5.69 Å². The van der Waals surface area contributed by atoms with E-state index in [9.17, 15) is 0 Å². The molecule has 5 aliphatic rings. The average molecular weight is 382 g/mol. The van der Waals surface area contributed by atoms with Gasteiger partial charge in [0.1, 0.15) is 11.9 Å². The first-order chi connectivity index (χ1) is 14.1. The second-order valence-electron chi connectivity index (χ2n) is 9.27. The average Bonchev–Trinajstić information content (AvgIpc) is 3.23. The van der Waals surface area contributed by atoms with E-state index in [0.29, 0.717) is 11.8 Å². The maximum atomic E-state index is 6.18. The lowest BCUT2D eigenvalue weighted by atomic mass is 9.77. The molecule has 0 saturated heterocycles. The van der Waals surface area contributed by atoms with E-state index in [4.69, 9.17) is 4.74 Å². The summed E-state index contributed by atoms with van der Waals surface area (Å²) in [7, 11) is 0. The molecule has 0 aromatic heterocycles. The topological polar surface area (TPSA) is 21.3 Å². The van der Waals surface area contributed by atoms with Crippen molar-refractivity contribution in [1.82, 2.24) is 0 Å². The van der Waals surface area contributed by atoms with E-state index in [1.165, 1.54) is 29.8 Å². The standard InChI is InChI=1S/C27H27NO/c1-27(2)21-10-5-3-8-18(21)19-15-14-17(16-22(19)27)28-23-11-7-13-25-26(23)20-9-4-6-12-24(20)29-25/h4-7,9-14,16,19-20,24,28H,3,8,15H2,1-2H3. The quantitative estimate of drug-likeness (QED) is 0.624. The summed E-state index contributed by atoms with van der Waals surface area (Å²) in [5.74, 6) is 1.90. The van der Waals surface area contributed by atoms with Gasteiger partial charge in [0.25, 0.3) is 0 Å². The Balaban J connectivity index is 1.33. The molecule has 2 nitrogen and oxygen atoms in total. The second kappa shape index (κ2) is 6.13. The number of ether oxygens (including phenoxy) is 1. The highest BCUT2D eigenvalue weighted by atomic mass is 16.5. The number of allylic oxidation sites excluding steroid dienone is 9. The van der Waals surface area contributed by atoms with Crippen molar-refractivity contribution in [3.63, 3.8) is 0 Å². The van der Waals surface area contributed by atoms with Crippen molar-refractivity contribution in [3.8, 4) is 5.75 Å². The van der Waals surface area contributed by atoms with Crippen LogP contribution in [0.2, 0.25) is 0 Å². The van der Waals surface area contributed by atoms with Crippen LogP contribution < -0.4 is 10.1 Å². The lowest BCUT2D eigenvalue weighted by molar-refractivity contribution is 0.269. The molecule has 1 heterocycles. The molecule has 0 bridgehead atoms. The second-order valence-corrected chi connectivity index (χ2v) is 9.27. The third-order valence-electron chi connectivity index (χ3n) is 7.31. The molecular formula is C27H27NO. The van der Waals surface area contributed by atoms with Crippen molar-refractivity contribution in [2.45, 2.75) is 45.1 Å². The zero-order valence-electron chi connectivity index (χ0n) is 17.1. The lowest BCUT2D eigenvalue weighted by Gasteiger charge is -2.29. The molecule has 0 amide bonds. The van der Waals surface area contributed by atoms with Gasteiger partial charge in [0.05, 0.1) is 0 Å².